The van der Waals surface area contributed by atoms with Crippen molar-refractivity contribution in [1.29, 1.82) is 0 Å². The van der Waals surface area contributed by atoms with E-state index in [0.29, 0.717) is 6.42 Å². The van der Waals surface area contributed by atoms with E-state index in [1.165, 1.54) is 0 Å². The van der Waals surface area contributed by atoms with E-state index < -0.39 is 5.92 Å². The van der Waals surface area contributed by atoms with Crippen LogP contribution in [0, 0.1) is 5.92 Å². The molecule has 1 fully saturated rings. The van der Waals surface area contributed by atoms with E-state index in [9.17, 15) is 8.78 Å². The maximum Gasteiger partial charge on any atom is 0.250 e. The highest BCUT2D eigenvalue weighted by Crippen LogP contribution is 2.44. The second-order valence-corrected chi connectivity index (χ2v) is 2.40. The van der Waals surface area contributed by atoms with Crippen LogP contribution in [0.5, 0.6) is 0 Å². The first-order chi connectivity index (χ1) is 3.67. The minimum absolute atomic E-state index is 0.117. The van der Waals surface area contributed by atoms with Crippen molar-refractivity contribution >= 4 is 0 Å². The molecule has 48 valence electrons. The molecule has 0 amide bonds. The molecule has 0 radical (unpaired) electrons. The zero-order valence-electron chi connectivity index (χ0n) is 4.95. The van der Waals surface area contributed by atoms with Gasteiger partial charge in [0, 0.05) is 12.3 Å². The normalized spacial score (nSPS) is 34.1. The molecule has 8 heavy (non-hydrogen) atoms. The molecule has 0 nitrogen and oxygen atoms in total. The van der Waals surface area contributed by atoms with Crippen molar-refractivity contribution in [1.82, 2.24) is 0 Å². The third-order valence-electron chi connectivity index (χ3n) is 1.92. The SMILES string of the molecule is CCC1CCC1(F)F. The molecular formula is C6H10F2. The predicted molar refractivity (Wildman–Crippen MR) is 28.0 cm³/mol. The van der Waals surface area contributed by atoms with E-state index in [4.69, 9.17) is 0 Å². The average Bonchev–Trinajstić information content (AvgIpc) is 1.66. The Kier molecular flexibility index (Phi) is 1.25. The van der Waals surface area contributed by atoms with Crippen LogP contribution in [0.15, 0.2) is 0 Å². The van der Waals surface area contributed by atoms with Gasteiger partial charge >= 0.3 is 0 Å². The third kappa shape index (κ3) is 0.721. The summed E-state index contributed by atoms with van der Waals surface area (Å²) < 4.78 is 24.4. The van der Waals surface area contributed by atoms with Gasteiger partial charge in [-0.3, -0.25) is 0 Å². The van der Waals surface area contributed by atoms with E-state index in [2.05, 4.69) is 0 Å². The van der Waals surface area contributed by atoms with Gasteiger partial charge in [-0.2, -0.15) is 0 Å². The highest BCUT2D eigenvalue weighted by molar-refractivity contribution is 4.86. The van der Waals surface area contributed by atoms with E-state index in [-0.39, 0.29) is 12.3 Å². The van der Waals surface area contributed by atoms with Crippen molar-refractivity contribution in [3.8, 4) is 0 Å². The summed E-state index contributed by atoms with van der Waals surface area (Å²) in [7, 11) is 0. The summed E-state index contributed by atoms with van der Waals surface area (Å²) in [4.78, 5) is 0. The molecule has 0 aromatic rings. The largest absolute Gasteiger partial charge is 0.250 e. The molecule has 1 aliphatic carbocycles. The molecule has 0 aromatic heterocycles. The van der Waals surface area contributed by atoms with Gasteiger partial charge < -0.3 is 0 Å². The van der Waals surface area contributed by atoms with Crippen LogP contribution in [0.2, 0.25) is 0 Å². The number of rotatable bonds is 1. The Labute approximate surface area is 47.9 Å². The number of hydrogen-bond donors (Lipinski definition) is 0. The average molecular weight is 120 g/mol. The van der Waals surface area contributed by atoms with Crippen molar-refractivity contribution < 1.29 is 8.78 Å². The van der Waals surface area contributed by atoms with Crippen molar-refractivity contribution in [2.75, 3.05) is 0 Å². The van der Waals surface area contributed by atoms with Crippen LogP contribution in [0.1, 0.15) is 26.2 Å². The first-order valence-corrected chi connectivity index (χ1v) is 3.04. The van der Waals surface area contributed by atoms with Crippen LogP contribution in [0.3, 0.4) is 0 Å². The lowest BCUT2D eigenvalue weighted by Gasteiger charge is -2.35. The zero-order valence-corrected chi connectivity index (χ0v) is 4.95. The van der Waals surface area contributed by atoms with Crippen molar-refractivity contribution in [2.45, 2.75) is 32.1 Å². The molecule has 1 unspecified atom stereocenters. The molecule has 1 atom stereocenters. The van der Waals surface area contributed by atoms with Crippen LogP contribution in [0.25, 0.3) is 0 Å². The van der Waals surface area contributed by atoms with E-state index in [0.717, 1.165) is 6.42 Å². The molecule has 0 N–H and O–H groups in total. The second kappa shape index (κ2) is 1.67. The van der Waals surface area contributed by atoms with Gasteiger partial charge in [0.25, 0.3) is 5.92 Å². The van der Waals surface area contributed by atoms with Gasteiger partial charge in [0.1, 0.15) is 0 Å². The third-order valence-corrected chi connectivity index (χ3v) is 1.92. The molecule has 1 rings (SSSR count). The van der Waals surface area contributed by atoms with Crippen LogP contribution >= 0.6 is 0 Å². The fourth-order valence-corrected chi connectivity index (χ4v) is 1.07. The van der Waals surface area contributed by atoms with Crippen LogP contribution in [-0.2, 0) is 0 Å². The summed E-state index contributed by atoms with van der Waals surface area (Å²) in [5.41, 5.74) is 0. The molecule has 0 aromatic carbocycles. The zero-order chi connectivity index (χ0) is 6.20. The quantitative estimate of drug-likeness (QED) is 0.498. The first kappa shape index (κ1) is 5.99. The first-order valence-electron chi connectivity index (χ1n) is 3.04. The summed E-state index contributed by atoms with van der Waals surface area (Å²) in [6, 6.07) is 0. The Morgan fingerprint density at radius 1 is 1.62 bits per heavy atom. The highest BCUT2D eigenvalue weighted by atomic mass is 19.3. The van der Waals surface area contributed by atoms with Gasteiger partial charge in [-0.1, -0.05) is 6.92 Å². The molecule has 2 heteroatoms. The topological polar surface area (TPSA) is 0 Å². The van der Waals surface area contributed by atoms with Crippen LogP contribution in [-0.4, -0.2) is 5.92 Å². The Morgan fingerprint density at radius 2 is 2.25 bits per heavy atom. The maximum atomic E-state index is 12.2. The molecule has 1 aliphatic rings. The Bertz CT molecular complexity index is 86.5. The Morgan fingerprint density at radius 3 is 2.25 bits per heavy atom. The molecule has 0 saturated heterocycles. The van der Waals surface area contributed by atoms with Crippen molar-refractivity contribution in [3.05, 3.63) is 0 Å². The smallest absolute Gasteiger partial charge is 0.207 e. The maximum absolute atomic E-state index is 12.2. The monoisotopic (exact) mass is 120 g/mol. The molecule has 0 aliphatic heterocycles. The van der Waals surface area contributed by atoms with E-state index in [1.54, 1.807) is 0 Å². The Hall–Kier alpha value is -0.140. The second-order valence-electron chi connectivity index (χ2n) is 2.40. The van der Waals surface area contributed by atoms with Gasteiger partial charge in [-0.15, -0.1) is 0 Å². The lowest BCUT2D eigenvalue weighted by molar-refractivity contribution is -0.132. The number of hydrogen-bond acceptors (Lipinski definition) is 0. The predicted octanol–water partition coefficient (Wildman–Crippen LogP) is 2.44. The minimum atomic E-state index is -2.31. The number of halogens is 2. The standard InChI is InChI=1S/C6H10F2/c1-2-5-3-4-6(5,7)8/h5H,2-4H2,1H3. The molecule has 0 spiro atoms. The lowest BCUT2D eigenvalue weighted by Crippen LogP contribution is -2.37. The summed E-state index contributed by atoms with van der Waals surface area (Å²) in [6.07, 6.45) is 1.47. The van der Waals surface area contributed by atoms with Gasteiger partial charge in [0.2, 0.25) is 0 Å². The minimum Gasteiger partial charge on any atom is -0.207 e. The Balaban J connectivity index is 2.37. The fraction of sp³-hybridized carbons (Fsp3) is 1.00. The van der Waals surface area contributed by atoms with Crippen LogP contribution in [0.4, 0.5) is 8.78 Å². The summed E-state index contributed by atoms with van der Waals surface area (Å²) in [6.45, 7) is 1.82. The summed E-state index contributed by atoms with van der Waals surface area (Å²) in [5, 5.41) is 0. The van der Waals surface area contributed by atoms with Crippen molar-refractivity contribution in [2.24, 2.45) is 5.92 Å². The highest BCUT2D eigenvalue weighted by Gasteiger charge is 2.46. The molecule has 0 bridgehead atoms. The fourth-order valence-electron chi connectivity index (χ4n) is 1.07. The van der Waals surface area contributed by atoms with Gasteiger partial charge in [-0.25, -0.2) is 8.78 Å². The van der Waals surface area contributed by atoms with Crippen molar-refractivity contribution in [3.63, 3.8) is 0 Å². The number of alkyl halides is 2. The van der Waals surface area contributed by atoms with E-state index in [1.807, 2.05) is 6.92 Å². The van der Waals surface area contributed by atoms with E-state index >= 15 is 0 Å². The molecule has 0 heterocycles. The molecule has 1 saturated carbocycles. The van der Waals surface area contributed by atoms with Crippen LogP contribution < -0.4 is 0 Å². The summed E-state index contributed by atoms with van der Waals surface area (Å²) >= 11 is 0. The van der Waals surface area contributed by atoms with Gasteiger partial charge in [0.15, 0.2) is 0 Å². The molecular weight excluding hydrogens is 110 g/mol. The van der Waals surface area contributed by atoms with Gasteiger partial charge in [-0.05, 0) is 12.8 Å². The summed E-state index contributed by atoms with van der Waals surface area (Å²) in [5.74, 6) is -2.61. The van der Waals surface area contributed by atoms with Gasteiger partial charge in [0.05, 0.1) is 0 Å². The lowest BCUT2D eigenvalue weighted by atomic mass is 9.79.